The fourth-order valence-corrected chi connectivity index (χ4v) is 5.64. The van der Waals surface area contributed by atoms with Gasteiger partial charge in [-0.25, -0.2) is 8.42 Å². The first-order chi connectivity index (χ1) is 13.8. The molecular weight excluding hydrogens is 392 g/mol. The number of hydrogen-bond donors (Lipinski definition) is 1. The molecule has 1 unspecified atom stereocenters. The number of carbonyl (C=O) groups is 1. The third-order valence-corrected chi connectivity index (χ3v) is 7.68. The van der Waals surface area contributed by atoms with E-state index < -0.39 is 10.0 Å². The maximum atomic E-state index is 13.0. The highest BCUT2D eigenvalue weighted by Gasteiger charge is 2.36. The fraction of sp³-hybridized carbons (Fsp3) is 0.600. The highest BCUT2D eigenvalue weighted by Crippen LogP contribution is 2.29. The number of aromatic amines is 1. The number of nitrogens with one attached hydrogen (secondary N) is 1. The number of aromatic nitrogens is 2. The molecule has 0 aromatic carbocycles. The minimum Gasteiger partial charge on any atom is -0.442 e. The van der Waals surface area contributed by atoms with Gasteiger partial charge in [-0.3, -0.25) is 9.89 Å². The molecule has 2 fully saturated rings. The van der Waals surface area contributed by atoms with Gasteiger partial charge in [0, 0.05) is 37.8 Å². The molecule has 29 heavy (non-hydrogen) atoms. The highest BCUT2D eigenvalue weighted by atomic mass is 32.2. The topological polar surface area (TPSA) is 99.5 Å². The van der Waals surface area contributed by atoms with Gasteiger partial charge in [-0.1, -0.05) is 6.92 Å². The van der Waals surface area contributed by atoms with Crippen LogP contribution in [0.15, 0.2) is 27.7 Å². The molecular formula is C20H28N4O4S. The third-order valence-electron chi connectivity index (χ3n) is 5.91. The van der Waals surface area contributed by atoms with Crippen molar-refractivity contribution in [1.29, 1.82) is 0 Å². The molecule has 2 aliphatic heterocycles. The first-order valence-electron chi connectivity index (χ1n) is 10.3. The molecule has 0 bridgehead atoms. The van der Waals surface area contributed by atoms with E-state index in [1.54, 1.807) is 12.1 Å². The lowest BCUT2D eigenvalue weighted by Gasteiger charge is -2.36. The first-order valence-corrected chi connectivity index (χ1v) is 11.7. The van der Waals surface area contributed by atoms with Crippen LogP contribution in [0.4, 0.5) is 0 Å². The summed E-state index contributed by atoms with van der Waals surface area (Å²) in [5.74, 6) is 1.05. The van der Waals surface area contributed by atoms with Gasteiger partial charge < -0.3 is 9.32 Å². The molecule has 1 amide bonds. The van der Waals surface area contributed by atoms with Crippen LogP contribution in [0.1, 0.15) is 38.3 Å². The number of hydrogen-bond acceptors (Lipinski definition) is 5. The van der Waals surface area contributed by atoms with Crippen LogP contribution in [-0.2, 0) is 14.8 Å². The average molecular weight is 421 g/mol. The number of nitrogens with zero attached hydrogens (tertiary/aromatic N) is 3. The number of furan rings is 1. The third kappa shape index (κ3) is 4.11. The molecule has 0 spiro atoms. The van der Waals surface area contributed by atoms with Crippen molar-refractivity contribution >= 4 is 15.9 Å². The van der Waals surface area contributed by atoms with Crippen molar-refractivity contribution in [2.75, 3.05) is 26.2 Å². The van der Waals surface area contributed by atoms with Gasteiger partial charge in [0.2, 0.25) is 11.0 Å². The Bertz CT molecular complexity index is 972. The second-order valence-corrected chi connectivity index (χ2v) is 10.1. The molecule has 2 saturated heterocycles. The van der Waals surface area contributed by atoms with Crippen molar-refractivity contribution in [3.63, 3.8) is 0 Å². The van der Waals surface area contributed by atoms with Crippen LogP contribution in [0, 0.1) is 18.8 Å². The summed E-state index contributed by atoms with van der Waals surface area (Å²) in [5, 5.41) is 6.84. The second kappa shape index (κ2) is 7.95. The quantitative estimate of drug-likeness (QED) is 0.820. The maximum Gasteiger partial charge on any atom is 0.276 e. The summed E-state index contributed by atoms with van der Waals surface area (Å²) in [5.41, 5.74) is 1.44. The lowest BCUT2D eigenvalue weighted by molar-refractivity contribution is -0.138. The van der Waals surface area contributed by atoms with Crippen LogP contribution in [0.2, 0.25) is 0 Å². The van der Waals surface area contributed by atoms with Crippen molar-refractivity contribution in [2.24, 2.45) is 11.8 Å². The molecule has 2 aromatic heterocycles. The van der Waals surface area contributed by atoms with Gasteiger partial charge in [0.1, 0.15) is 5.69 Å². The second-order valence-electron chi connectivity index (χ2n) is 8.26. The molecule has 158 valence electrons. The van der Waals surface area contributed by atoms with Crippen LogP contribution >= 0.6 is 0 Å². The summed E-state index contributed by atoms with van der Waals surface area (Å²) in [7, 11) is -3.72. The predicted octanol–water partition coefficient (Wildman–Crippen LogP) is 2.64. The van der Waals surface area contributed by atoms with E-state index in [-0.39, 0.29) is 16.9 Å². The summed E-state index contributed by atoms with van der Waals surface area (Å²) >= 11 is 0. The molecule has 0 aliphatic carbocycles. The zero-order valence-electron chi connectivity index (χ0n) is 16.9. The van der Waals surface area contributed by atoms with Gasteiger partial charge in [0.25, 0.3) is 10.0 Å². The monoisotopic (exact) mass is 420 g/mol. The van der Waals surface area contributed by atoms with Crippen molar-refractivity contribution in [3.8, 4) is 11.5 Å². The van der Waals surface area contributed by atoms with Crippen molar-refractivity contribution in [2.45, 2.75) is 44.6 Å². The highest BCUT2D eigenvalue weighted by molar-refractivity contribution is 7.89. The Labute approximate surface area is 171 Å². The zero-order valence-corrected chi connectivity index (χ0v) is 17.7. The van der Waals surface area contributed by atoms with Crippen LogP contribution < -0.4 is 0 Å². The van der Waals surface area contributed by atoms with Gasteiger partial charge in [0.15, 0.2) is 5.76 Å². The molecule has 9 heteroatoms. The van der Waals surface area contributed by atoms with E-state index in [9.17, 15) is 13.2 Å². The fourth-order valence-electron chi connectivity index (χ4n) is 4.26. The number of piperidine rings is 2. The van der Waals surface area contributed by atoms with E-state index in [2.05, 4.69) is 17.1 Å². The predicted molar refractivity (Wildman–Crippen MR) is 107 cm³/mol. The molecule has 8 nitrogen and oxygen atoms in total. The van der Waals surface area contributed by atoms with Gasteiger partial charge in [-0.15, -0.1) is 0 Å². The molecule has 0 saturated carbocycles. The van der Waals surface area contributed by atoms with Crippen molar-refractivity contribution in [3.05, 3.63) is 23.9 Å². The number of sulfonamides is 1. The van der Waals surface area contributed by atoms with Crippen LogP contribution in [0.25, 0.3) is 11.5 Å². The Morgan fingerprint density at radius 2 is 1.97 bits per heavy atom. The van der Waals surface area contributed by atoms with Gasteiger partial charge in [0.05, 0.1) is 0 Å². The molecule has 1 atom stereocenters. The average Bonchev–Trinajstić information content (AvgIpc) is 3.37. The summed E-state index contributed by atoms with van der Waals surface area (Å²) < 4.78 is 33.0. The number of aryl methyl sites for hydroxylation is 1. The Balaban J connectivity index is 1.40. The molecule has 2 aromatic rings. The van der Waals surface area contributed by atoms with Gasteiger partial charge in [-0.2, -0.15) is 9.40 Å². The largest absolute Gasteiger partial charge is 0.442 e. The molecule has 4 rings (SSSR count). The lowest BCUT2D eigenvalue weighted by atomic mass is 9.93. The maximum absolute atomic E-state index is 13.0. The van der Waals surface area contributed by atoms with E-state index in [0.29, 0.717) is 43.3 Å². The minimum absolute atomic E-state index is 0.0808. The number of amides is 1. The standard InChI is InChI=1S/C20H28N4O4S/c1-14-4-3-9-23(13-14)20(25)16-7-10-24(11-8-16)29(26,27)19-6-5-18(28-19)17-12-15(2)21-22-17/h5-6,12,14,16H,3-4,7-11,13H2,1-2H3,(H,21,22). The smallest absolute Gasteiger partial charge is 0.276 e. The zero-order chi connectivity index (χ0) is 20.6. The summed E-state index contributed by atoms with van der Waals surface area (Å²) in [6, 6.07) is 4.89. The van der Waals surface area contributed by atoms with E-state index in [1.165, 1.54) is 16.8 Å². The Kier molecular flexibility index (Phi) is 5.52. The van der Waals surface area contributed by atoms with Crippen LogP contribution in [-0.4, -0.2) is 59.9 Å². The normalized spacial score (nSPS) is 22.1. The summed E-state index contributed by atoms with van der Waals surface area (Å²) in [6.45, 7) is 6.35. The minimum atomic E-state index is -3.72. The molecule has 0 radical (unpaired) electrons. The van der Waals surface area contributed by atoms with Gasteiger partial charge >= 0.3 is 0 Å². The first kappa shape index (κ1) is 20.2. The molecule has 2 aliphatic rings. The number of likely N-dealkylation sites (tertiary alicyclic amines) is 1. The molecule has 4 heterocycles. The number of rotatable bonds is 4. The Morgan fingerprint density at radius 3 is 2.62 bits per heavy atom. The summed E-state index contributed by atoms with van der Waals surface area (Å²) in [4.78, 5) is 14.8. The summed E-state index contributed by atoms with van der Waals surface area (Å²) in [6.07, 6.45) is 3.32. The number of carbonyl (C=O) groups excluding carboxylic acids is 1. The Hall–Kier alpha value is -2.13. The van der Waals surface area contributed by atoms with Gasteiger partial charge in [-0.05, 0) is 56.7 Å². The number of H-pyrrole nitrogens is 1. The van der Waals surface area contributed by atoms with E-state index in [0.717, 1.165) is 25.2 Å². The lowest BCUT2D eigenvalue weighted by Crippen LogP contribution is -2.46. The van der Waals surface area contributed by atoms with Crippen LogP contribution in [0.5, 0.6) is 0 Å². The van der Waals surface area contributed by atoms with Crippen molar-refractivity contribution in [1.82, 2.24) is 19.4 Å². The Morgan fingerprint density at radius 1 is 1.21 bits per heavy atom. The van der Waals surface area contributed by atoms with E-state index in [4.69, 9.17) is 4.42 Å². The SMILES string of the molecule is Cc1cc(-c2ccc(S(=O)(=O)N3CCC(C(=O)N4CCCC(C)C4)CC3)o2)n[nH]1. The molecule has 1 N–H and O–H groups in total. The van der Waals surface area contributed by atoms with Crippen LogP contribution in [0.3, 0.4) is 0 Å². The van der Waals surface area contributed by atoms with Crippen molar-refractivity contribution < 1.29 is 17.6 Å². The van der Waals surface area contributed by atoms with E-state index >= 15 is 0 Å². The van der Waals surface area contributed by atoms with E-state index in [1.807, 2.05) is 11.8 Å².